The molecule has 29 heavy (non-hydrogen) atoms. The van der Waals surface area contributed by atoms with Gasteiger partial charge >= 0.3 is 0 Å². The maximum Gasteiger partial charge on any atom is 0.293 e. The van der Waals surface area contributed by atoms with E-state index in [1.54, 1.807) is 50.6 Å². The zero-order chi connectivity index (χ0) is 20.5. The van der Waals surface area contributed by atoms with E-state index >= 15 is 0 Å². The highest BCUT2D eigenvalue weighted by molar-refractivity contribution is 8.18. The molecule has 1 fully saturated rings. The zero-order valence-corrected chi connectivity index (χ0v) is 17.1. The SMILES string of the molecule is COc1cc(/C=C2\SC(=O)N(Cc3cc4c(cc3Cl)OCO4)C2=O)cc(OC)c1. The maximum absolute atomic E-state index is 12.8. The fourth-order valence-corrected chi connectivity index (χ4v) is 4.00. The van der Waals surface area contributed by atoms with Crippen molar-refractivity contribution in [3.8, 4) is 23.0 Å². The molecule has 0 unspecified atom stereocenters. The molecule has 2 aliphatic rings. The molecule has 7 nitrogen and oxygen atoms in total. The predicted octanol–water partition coefficient (Wildman–Crippen LogP) is 4.32. The molecule has 1 saturated heterocycles. The number of hydrogen-bond donors (Lipinski definition) is 0. The van der Waals surface area contributed by atoms with E-state index in [9.17, 15) is 9.59 Å². The van der Waals surface area contributed by atoms with E-state index < -0.39 is 5.91 Å². The van der Waals surface area contributed by atoms with Crippen LogP contribution in [-0.4, -0.2) is 37.1 Å². The van der Waals surface area contributed by atoms with E-state index in [1.807, 2.05) is 0 Å². The van der Waals surface area contributed by atoms with Gasteiger partial charge in [0.15, 0.2) is 11.5 Å². The molecule has 0 N–H and O–H groups in total. The largest absolute Gasteiger partial charge is 0.497 e. The number of imide groups is 1. The average molecular weight is 434 g/mol. The van der Waals surface area contributed by atoms with Crippen LogP contribution in [-0.2, 0) is 11.3 Å². The minimum atomic E-state index is -0.393. The van der Waals surface area contributed by atoms with E-state index in [-0.39, 0.29) is 18.6 Å². The summed E-state index contributed by atoms with van der Waals surface area (Å²) in [5.41, 5.74) is 1.29. The van der Waals surface area contributed by atoms with Gasteiger partial charge < -0.3 is 18.9 Å². The molecule has 0 saturated carbocycles. The van der Waals surface area contributed by atoms with Crippen LogP contribution in [0, 0.1) is 0 Å². The average Bonchev–Trinajstić information content (AvgIpc) is 3.26. The smallest absolute Gasteiger partial charge is 0.293 e. The number of nitrogens with zero attached hydrogens (tertiary/aromatic N) is 1. The van der Waals surface area contributed by atoms with Gasteiger partial charge in [-0.2, -0.15) is 0 Å². The lowest BCUT2D eigenvalue weighted by molar-refractivity contribution is -0.123. The Balaban J connectivity index is 1.59. The standard InChI is InChI=1S/C20H16ClNO6S/c1-25-13-3-11(4-14(7-13)26-2)5-18-19(23)22(20(24)29-18)9-12-6-16-17(8-15(12)21)28-10-27-16/h3-8H,9-10H2,1-2H3/b18-5-. The van der Waals surface area contributed by atoms with Crippen LogP contribution in [0.5, 0.6) is 23.0 Å². The Morgan fingerprint density at radius 2 is 1.72 bits per heavy atom. The minimum Gasteiger partial charge on any atom is -0.497 e. The summed E-state index contributed by atoms with van der Waals surface area (Å²) < 4.78 is 21.1. The summed E-state index contributed by atoms with van der Waals surface area (Å²) in [5, 5.41) is 0.0275. The van der Waals surface area contributed by atoms with Crippen LogP contribution in [0.1, 0.15) is 11.1 Å². The molecule has 150 valence electrons. The maximum atomic E-state index is 12.8. The number of benzene rings is 2. The van der Waals surface area contributed by atoms with Crippen molar-refractivity contribution in [1.29, 1.82) is 0 Å². The van der Waals surface area contributed by atoms with Crippen LogP contribution in [0.25, 0.3) is 6.08 Å². The van der Waals surface area contributed by atoms with Crippen LogP contribution in [0.15, 0.2) is 35.2 Å². The second-order valence-electron chi connectivity index (χ2n) is 6.21. The molecule has 2 amide bonds. The van der Waals surface area contributed by atoms with Crippen LogP contribution < -0.4 is 18.9 Å². The van der Waals surface area contributed by atoms with Crippen molar-refractivity contribution < 1.29 is 28.5 Å². The molecular weight excluding hydrogens is 418 g/mol. The highest BCUT2D eigenvalue weighted by Gasteiger charge is 2.35. The number of methoxy groups -OCH3 is 2. The van der Waals surface area contributed by atoms with E-state index in [0.717, 1.165) is 16.7 Å². The van der Waals surface area contributed by atoms with E-state index in [4.69, 9.17) is 30.5 Å². The summed E-state index contributed by atoms with van der Waals surface area (Å²) in [7, 11) is 3.09. The van der Waals surface area contributed by atoms with Gasteiger partial charge in [0.05, 0.1) is 25.7 Å². The monoisotopic (exact) mass is 433 g/mol. The van der Waals surface area contributed by atoms with Gasteiger partial charge in [-0.15, -0.1) is 0 Å². The number of hydrogen-bond acceptors (Lipinski definition) is 7. The molecule has 0 atom stereocenters. The molecule has 0 bridgehead atoms. The fraction of sp³-hybridized carbons (Fsp3) is 0.200. The molecule has 0 aromatic heterocycles. The van der Waals surface area contributed by atoms with Crippen LogP contribution in [0.3, 0.4) is 0 Å². The van der Waals surface area contributed by atoms with Gasteiger partial charge in [0.1, 0.15) is 11.5 Å². The highest BCUT2D eigenvalue weighted by atomic mass is 35.5. The summed E-state index contributed by atoms with van der Waals surface area (Å²) >= 11 is 7.15. The summed E-state index contributed by atoms with van der Waals surface area (Å²) in [6.07, 6.45) is 1.64. The second kappa shape index (κ2) is 7.88. The first-order chi connectivity index (χ1) is 14.0. The van der Waals surface area contributed by atoms with Crippen molar-refractivity contribution in [1.82, 2.24) is 4.90 Å². The summed E-state index contributed by atoms with van der Waals surface area (Å²) in [4.78, 5) is 26.8. The summed E-state index contributed by atoms with van der Waals surface area (Å²) in [6, 6.07) is 8.54. The van der Waals surface area contributed by atoms with Gasteiger partial charge in [-0.1, -0.05) is 11.6 Å². The van der Waals surface area contributed by atoms with Crippen molar-refractivity contribution in [2.75, 3.05) is 21.0 Å². The van der Waals surface area contributed by atoms with Crippen molar-refractivity contribution >= 4 is 40.6 Å². The fourth-order valence-electron chi connectivity index (χ4n) is 2.95. The zero-order valence-electron chi connectivity index (χ0n) is 15.6. The Morgan fingerprint density at radius 3 is 2.38 bits per heavy atom. The lowest BCUT2D eigenvalue weighted by Gasteiger charge is -2.14. The van der Waals surface area contributed by atoms with Crippen molar-refractivity contribution in [2.24, 2.45) is 0 Å². The number of carbonyl (C=O) groups is 2. The van der Waals surface area contributed by atoms with Crippen molar-refractivity contribution in [3.05, 3.63) is 51.4 Å². The first-order valence-corrected chi connectivity index (χ1v) is 9.74. The third kappa shape index (κ3) is 3.86. The van der Waals surface area contributed by atoms with E-state index in [2.05, 4.69) is 0 Å². The number of fused-ring (bicyclic) bond motifs is 1. The van der Waals surface area contributed by atoms with Crippen LogP contribution in [0.4, 0.5) is 4.79 Å². The predicted molar refractivity (Wildman–Crippen MR) is 109 cm³/mol. The Morgan fingerprint density at radius 1 is 1.07 bits per heavy atom. The third-order valence-corrected chi connectivity index (χ3v) is 5.67. The Kier molecular flexibility index (Phi) is 5.29. The molecule has 2 aromatic rings. The topological polar surface area (TPSA) is 74.3 Å². The second-order valence-corrected chi connectivity index (χ2v) is 7.61. The van der Waals surface area contributed by atoms with Gasteiger partial charge in [0.25, 0.3) is 11.1 Å². The Bertz CT molecular complexity index is 1020. The van der Waals surface area contributed by atoms with Crippen LogP contribution in [0.2, 0.25) is 5.02 Å². The molecule has 0 radical (unpaired) electrons. The number of rotatable bonds is 5. The number of carbonyl (C=O) groups excluding carboxylic acids is 2. The third-order valence-electron chi connectivity index (χ3n) is 4.42. The van der Waals surface area contributed by atoms with Gasteiger partial charge in [0.2, 0.25) is 6.79 Å². The molecule has 2 aliphatic heterocycles. The first kappa shape index (κ1) is 19.5. The molecule has 9 heteroatoms. The molecular formula is C20H16ClNO6S. The molecule has 2 aromatic carbocycles. The number of halogens is 1. The van der Waals surface area contributed by atoms with E-state index in [0.29, 0.717) is 44.1 Å². The van der Waals surface area contributed by atoms with Gasteiger partial charge in [-0.3, -0.25) is 14.5 Å². The normalized spacial score (nSPS) is 16.7. The van der Waals surface area contributed by atoms with Crippen LogP contribution >= 0.6 is 23.4 Å². The van der Waals surface area contributed by atoms with Gasteiger partial charge in [-0.25, -0.2) is 0 Å². The summed E-state index contributed by atoms with van der Waals surface area (Å²) in [6.45, 7) is 0.155. The first-order valence-electron chi connectivity index (χ1n) is 8.55. The van der Waals surface area contributed by atoms with Crippen molar-refractivity contribution in [3.63, 3.8) is 0 Å². The summed E-state index contributed by atoms with van der Waals surface area (Å²) in [5.74, 6) is 1.86. The highest BCUT2D eigenvalue weighted by Crippen LogP contribution is 2.39. The molecule has 0 aliphatic carbocycles. The van der Waals surface area contributed by atoms with Gasteiger partial charge in [0, 0.05) is 17.2 Å². The molecule has 4 rings (SSSR count). The van der Waals surface area contributed by atoms with Gasteiger partial charge in [-0.05, 0) is 47.2 Å². The Labute approximate surface area is 176 Å². The molecule has 2 heterocycles. The van der Waals surface area contributed by atoms with E-state index in [1.165, 1.54) is 0 Å². The number of ether oxygens (including phenoxy) is 4. The number of amides is 2. The number of thioether (sulfide) groups is 1. The Hall–Kier alpha value is -2.84. The minimum absolute atomic E-state index is 0.0406. The lowest BCUT2D eigenvalue weighted by Crippen LogP contribution is -2.27. The lowest BCUT2D eigenvalue weighted by atomic mass is 10.1. The van der Waals surface area contributed by atoms with Crippen molar-refractivity contribution in [2.45, 2.75) is 6.54 Å². The quantitative estimate of drug-likeness (QED) is 0.650. The molecule has 0 spiro atoms.